The number of hydrogen-bond donors (Lipinski definition) is 1. The third-order valence-corrected chi connectivity index (χ3v) is 4.65. The molecule has 6 heteroatoms. The topological polar surface area (TPSA) is 57.6 Å². The summed E-state index contributed by atoms with van der Waals surface area (Å²) in [5.74, 6) is -0.580. The maximum absolute atomic E-state index is 13.0. The summed E-state index contributed by atoms with van der Waals surface area (Å²) in [5.41, 5.74) is 0. The Morgan fingerprint density at radius 3 is 2.82 bits per heavy atom. The van der Waals surface area contributed by atoms with Crippen molar-refractivity contribution in [3.63, 3.8) is 0 Å². The summed E-state index contributed by atoms with van der Waals surface area (Å²) in [7, 11) is -3.68. The summed E-state index contributed by atoms with van der Waals surface area (Å²) >= 11 is 0. The van der Waals surface area contributed by atoms with Crippen LogP contribution in [0.5, 0.6) is 0 Å². The SMILES string of the molecule is O=S(=O)(c1cccc(F)c1)N1CCCC(O)C1. The van der Waals surface area contributed by atoms with Gasteiger partial charge in [0.25, 0.3) is 0 Å². The summed E-state index contributed by atoms with van der Waals surface area (Å²) in [4.78, 5) is -0.0633. The van der Waals surface area contributed by atoms with Crippen molar-refractivity contribution in [3.8, 4) is 0 Å². The summed E-state index contributed by atoms with van der Waals surface area (Å²) < 4.78 is 38.5. The minimum Gasteiger partial charge on any atom is -0.392 e. The molecular formula is C11H14FNO3S. The monoisotopic (exact) mass is 259 g/mol. The lowest BCUT2D eigenvalue weighted by Crippen LogP contribution is -2.42. The first-order chi connectivity index (χ1) is 8.00. The number of piperidine rings is 1. The molecular weight excluding hydrogens is 245 g/mol. The Morgan fingerprint density at radius 2 is 2.18 bits per heavy atom. The quantitative estimate of drug-likeness (QED) is 0.861. The maximum atomic E-state index is 13.0. The number of rotatable bonds is 2. The molecule has 1 unspecified atom stereocenters. The predicted octanol–water partition coefficient (Wildman–Crippen LogP) is 0.971. The molecule has 1 heterocycles. The third kappa shape index (κ3) is 2.65. The van der Waals surface area contributed by atoms with Gasteiger partial charge in [0.2, 0.25) is 10.0 Å². The molecule has 2 rings (SSSR count). The van der Waals surface area contributed by atoms with Gasteiger partial charge < -0.3 is 5.11 Å². The number of benzene rings is 1. The van der Waals surface area contributed by atoms with Crippen molar-refractivity contribution in [1.82, 2.24) is 4.31 Å². The van der Waals surface area contributed by atoms with Crippen LogP contribution in [0.2, 0.25) is 0 Å². The molecule has 0 saturated carbocycles. The number of hydrogen-bond acceptors (Lipinski definition) is 3. The molecule has 1 fully saturated rings. The van der Waals surface area contributed by atoms with E-state index in [4.69, 9.17) is 0 Å². The summed E-state index contributed by atoms with van der Waals surface area (Å²) in [6, 6.07) is 4.92. The standard InChI is InChI=1S/C11H14FNO3S/c12-9-3-1-5-11(7-9)17(15,16)13-6-2-4-10(14)8-13/h1,3,5,7,10,14H,2,4,6,8H2. The number of β-amino-alcohol motifs (C(OH)–C–C–N with tert-alkyl or cyclic N) is 1. The van der Waals surface area contributed by atoms with E-state index in [9.17, 15) is 17.9 Å². The maximum Gasteiger partial charge on any atom is 0.243 e. The van der Waals surface area contributed by atoms with E-state index >= 15 is 0 Å². The van der Waals surface area contributed by atoms with Crippen LogP contribution in [-0.4, -0.2) is 37.0 Å². The number of aliphatic hydroxyl groups excluding tert-OH is 1. The second-order valence-electron chi connectivity index (χ2n) is 4.12. The third-order valence-electron chi connectivity index (χ3n) is 2.79. The van der Waals surface area contributed by atoms with Crippen molar-refractivity contribution in [1.29, 1.82) is 0 Å². The van der Waals surface area contributed by atoms with Gasteiger partial charge in [0.15, 0.2) is 0 Å². The van der Waals surface area contributed by atoms with E-state index in [1.165, 1.54) is 22.5 Å². The zero-order valence-corrected chi connectivity index (χ0v) is 10.0. The smallest absolute Gasteiger partial charge is 0.243 e. The highest BCUT2D eigenvalue weighted by molar-refractivity contribution is 7.89. The zero-order chi connectivity index (χ0) is 12.5. The number of nitrogens with zero attached hydrogens (tertiary/aromatic N) is 1. The van der Waals surface area contributed by atoms with Crippen LogP contribution in [0.4, 0.5) is 4.39 Å². The Balaban J connectivity index is 2.29. The van der Waals surface area contributed by atoms with Crippen molar-refractivity contribution < 1.29 is 17.9 Å². The zero-order valence-electron chi connectivity index (χ0n) is 9.21. The van der Waals surface area contributed by atoms with Gasteiger partial charge in [-0.15, -0.1) is 0 Å². The summed E-state index contributed by atoms with van der Waals surface area (Å²) in [6.45, 7) is 0.453. The molecule has 94 valence electrons. The number of sulfonamides is 1. The lowest BCUT2D eigenvalue weighted by Gasteiger charge is -2.29. The molecule has 0 radical (unpaired) electrons. The van der Waals surface area contributed by atoms with Crippen LogP contribution in [0.1, 0.15) is 12.8 Å². The average Bonchev–Trinajstić information content (AvgIpc) is 2.29. The lowest BCUT2D eigenvalue weighted by atomic mass is 10.1. The van der Waals surface area contributed by atoms with Gasteiger partial charge in [-0.1, -0.05) is 6.07 Å². The fourth-order valence-corrected chi connectivity index (χ4v) is 3.46. The van der Waals surface area contributed by atoms with Gasteiger partial charge >= 0.3 is 0 Å². The van der Waals surface area contributed by atoms with Crippen molar-refractivity contribution in [3.05, 3.63) is 30.1 Å². The van der Waals surface area contributed by atoms with Crippen LogP contribution in [0, 0.1) is 5.82 Å². The van der Waals surface area contributed by atoms with Crippen LogP contribution in [0.15, 0.2) is 29.2 Å². The van der Waals surface area contributed by atoms with Crippen molar-refractivity contribution in [2.75, 3.05) is 13.1 Å². The van der Waals surface area contributed by atoms with E-state index in [1.54, 1.807) is 0 Å². The Labute approximate surface area is 99.7 Å². The van der Waals surface area contributed by atoms with Gasteiger partial charge in [-0.2, -0.15) is 4.31 Å². The van der Waals surface area contributed by atoms with Gasteiger partial charge in [0.1, 0.15) is 5.82 Å². The van der Waals surface area contributed by atoms with Crippen LogP contribution < -0.4 is 0 Å². The van der Waals surface area contributed by atoms with E-state index in [0.29, 0.717) is 19.4 Å². The van der Waals surface area contributed by atoms with Gasteiger partial charge in [-0.3, -0.25) is 0 Å². The molecule has 0 aromatic heterocycles. The van der Waals surface area contributed by atoms with Crippen molar-refractivity contribution in [2.45, 2.75) is 23.8 Å². The highest BCUT2D eigenvalue weighted by Crippen LogP contribution is 2.21. The largest absolute Gasteiger partial charge is 0.392 e. The van der Waals surface area contributed by atoms with E-state index in [2.05, 4.69) is 0 Å². The Kier molecular flexibility index (Phi) is 3.46. The molecule has 17 heavy (non-hydrogen) atoms. The minimum absolute atomic E-state index is 0.0633. The van der Waals surface area contributed by atoms with Crippen molar-refractivity contribution >= 4 is 10.0 Å². The van der Waals surface area contributed by atoms with E-state index < -0.39 is 21.9 Å². The second kappa shape index (κ2) is 4.72. The fourth-order valence-electron chi connectivity index (χ4n) is 1.92. The highest BCUT2D eigenvalue weighted by atomic mass is 32.2. The molecule has 0 spiro atoms. The Bertz CT molecular complexity index is 503. The predicted molar refractivity (Wildman–Crippen MR) is 60.4 cm³/mol. The number of aliphatic hydroxyl groups is 1. The molecule has 1 aliphatic rings. The molecule has 0 bridgehead atoms. The van der Waals surface area contributed by atoms with Crippen LogP contribution in [-0.2, 0) is 10.0 Å². The summed E-state index contributed by atoms with van der Waals surface area (Å²) in [6.07, 6.45) is 0.595. The van der Waals surface area contributed by atoms with Crippen molar-refractivity contribution in [2.24, 2.45) is 0 Å². The second-order valence-corrected chi connectivity index (χ2v) is 6.05. The molecule has 4 nitrogen and oxygen atoms in total. The first-order valence-electron chi connectivity index (χ1n) is 5.44. The minimum atomic E-state index is -3.68. The lowest BCUT2D eigenvalue weighted by molar-refractivity contribution is 0.108. The van der Waals surface area contributed by atoms with Crippen LogP contribution in [0.3, 0.4) is 0 Å². The molecule has 1 aromatic rings. The van der Waals surface area contributed by atoms with Crippen LogP contribution in [0.25, 0.3) is 0 Å². The van der Waals surface area contributed by atoms with E-state index in [-0.39, 0.29) is 11.4 Å². The molecule has 0 aliphatic carbocycles. The first kappa shape index (κ1) is 12.5. The Hall–Kier alpha value is -0.980. The van der Waals surface area contributed by atoms with Gasteiger partial charge in [-0.05, 0) is 31.0 Å². The molecule has 1 aromatic carbocycles. The molecule has 1 saturated heterocycles. The molecule has 1 N–H and O–H groups in total. The van der Waals surface area contributed by atoms with Gasteiger partial charge in [0.05, 0.1) is 11.0 Å². The molecule has 1 atom stereocenters. The van der Waals surface area contributed by atoms with E-state index in [0.717, 1.165) is 6.07 Å². The molecule has 1 aliphatic heterocycles. The van der Waals surface area contributed by atoms with Gasteiger partial charge in [-0.25, -0.2) is 12.8 Å². The normalized spacial score (nSPS) is 22.6. The fraction of sp³-hybridized carbons (Fsp3) is 0.455. The average molecular weight is 259 g/mol. The van der Waals surface area contributed by atoms with Gasteiger partial charge in [0, 0.05) is 13.1 Å². The highest BCUT2D eigenvalue weighted by Gasteiger charge is 2.29. The van der Waals surface area contributed by atoms with Crippen LogP contribution >= 0.6 is 0 Å². The van der Waals surface area contributed by atoms with E-state index in [1.807, 2.05) is 0 Å². The Morgan fingerprint density at radius 1 is 1.41 bits per heavy atom. The first-order valence-corrected chi connectivity index (χ1v) is 6.88. The number of halogens is 1. The molecule has 0 amide bonds. The summed E-state index contributed by atoms with van der Waals surface area (Å²) in [5, 5.41) is 9.46.